The van der Waals surface area contributed by atoms with E-state index in [1.165, 1.54) is 0 Å². The molecule has 31 heavy (non-hydrogen) atoms. The lowest BCUT2D eigenvalue weighted by Crippen LogP contribution is -2.24. The first-order chi connectivity index (χ1) is 15.1. The van der Waals surface area contributed by atoms with E-state index in [2.05, 4.69) is 22.4 Å². The number of rotatable bonds is 7. The summed E-state index contributed by atoms with van der Waals surface area (Å²) in [6.07, 6.45) is 1.92. The number of fused-ring (bicyclic) bond motifs is 1. The van der Waals surface area contributed by atoms with E-state index in [0.29, 0.717) is 33.9 Å². The van der Waals surface area contributed by atoms with Gasteiger partial charge in [0, 0.05) is 22.7 Å². The van der Waals surface area contributed by atoms with Gasteiger partial charge in [-0.15, -0.1) is 0 Å². The molecule has 0 aliphatic heterocycles. The molecule has 2 aromatic heterocycles. The van der Waals surface area contributed by atoms with Gasteiger partial charge in [-0.05, 0) is 48.9 Å². The van der Waals surface area contributed by atoms with Gasteiger partial charge in [0.25, 0.3) is 5.91 Å². The maximum Gasteiger partial charge on any atom is 0.252 e. The zero-order valence-electron chi connectivity index (χ0n) is 17.4. The number of ether oxygens (including phenoxy) is 1. The number of hydrogen-bond donors (Lipinski definition) is 2. The lowest BCUT2D eigenvalue weighted by atomic mass is 10.0. The summed E-state index contributed by atoms with van der Waals surface area (Å²) in [5.74, 6) is 0.612. The molecular formula is C24H23ClN4O2. The molecule has 0 fully saturated rings. The maximum atomic E-state index is 13.1. The summed E-state index contributed by atoms with van der Waals surface area (Å²) in [7, 11) is 1.63. The molecule has 0 aliphatic carbocycles. The number of carbonyl (C=O) groups excluding carboxylic acids is 1. The molecule has 0 atom stereocenters. The van der Waals surface area contributed by atoms with Crippen LogP contribution in [0, 0.1) is 0 Å². The van der Waals surface area contributed by atoms with Crippen molar-refractivity contribution in [1.82, 2.24) is 20.5 Å². The summed E-state index contributed by atoms with van der Waals surface area (Å²) in [5.41, 5.74) is 4.19. The Hall–Kier alpha value is -3.38. The minimum absolute atomic E-state index is 0.146. The Kier molecular flexibility index (Phi) is 6.18. The summed E-state index contributed by atoms with van der Waals surface area (Å²) < 4.78 is 5.25. The molecule has 6 nitrogen and oxygen atoms in total. The summed E-state index contributed by atoms with van der Waals surface area (Å²) in [5, 5.41) is 11.8. The highest BCUT2D eigenvalue weighted by molar-refractivity contribution is 6.30. The first-order valence-corrected chi connectivity index (χ1v) is 10.6. The average molecular weight is 435 g/mol. The van der Waals surface area contributed by atoms with E-state index in [9.17, 15) is 4.79 Å². The number of carbonyl (C=O) groups is 1. The Morgan fingerprint density at radius 2 is 1.81 bits per heavy atom. The van der Waals surface area contributed by atoms with E-state index in [-0.39, 0.29) is 5.91 Å². The largest absolute Gasteiger partial charge is 0.497 e. The van der Waals surface area contributed by atoms with Crippen LogP contribution >= 0.6 is 11.6 Å². The monoisotopic (exact) mass is 434 g/mol. The number of hydrogen-bond acceptors (Lipinski definition) is 4. The predicted molar refractivity (Wildman–Crippen MR) is 124 cm³/mol. The van der Waals surface area contributed by atoms with E-state index >= 15 is 0 Å². The standard InChI is InChI=1S/C24H23ClN4O2/c1-3-4-13-26-24(30)19-14-20(15-5-9-17(25)10-6-15)27-23-21(19)22(28-29-23)16-7-11-18(31-2)12-8-16/h5-12,14H,3-4,13H2,1-2H3,(H,26,30)(H,27,28,29). The number of pyridine rings is 1. The van der Waals surface area contributed by atoms with Gasteiger partial charge in [0.2, 0.25) is 0 Å². The van der Waals surface area contributed by atoms with Gasteiger partial charge >= 0.3 is 0 Å². The van der Waals surface area contributed by atoms with Gasteiger partial charge in [-0.1, -0.05) is 37.1 Å². The average Bonchev–Trinajstić information content (AvgIpc) is 3.23. The topological polar surface area (TPSA) is 79.9 Å². The predicted octanol–water partition coefficient (Wildman–Crippen LogP) is 5.48. The molecule has 0 saturated heterocycles. The molecule has 0 radical (unpaired) electrons. The van der Waals surface area contributed by atoms with Crippen LogP contribution in [0.15, 0.2) is 54.6 Å². The third-order valence-corrected chi connectivity index (χ3v) is 5.36. The quantitative estimate of drug-likeness (QED) is 0.377. The molecule has 4 rings (SSSR count). The van der Waals surface area contributed by atoms with Crippen LogP contribution in [0.4, 0.5) is 0 Å². The van der Waals surface area contributed by atoms with Crippen molar-refractivity contribution in [2.75, 3.05) is 13.7 Å². The molecule has 2 heterocycles. The van der Waals surface area contributed by atoms with E-state index < -0.39 is 0 Å². The Balaban J connectivity index is 1.85. The molecule has 0 spiro atoms. The highest BCUT2D eigenvalue weighted by Crippen LogP contribution is 2.32. The van der Waals surface area contributed by atoms with Crippen molar-refractivity contribution in [3.63, 3.8) is 0 Å². The first kappa shape index (κ1) is 20.9. The summed E-state index contributed by atoms with van der Waals surface area (Å²) in [4.78, 5) is 17.8. The van der Waals surface area contributed by atoms with E-state index in [1.54, 1.807) is 19.2 Å². The van der Waals surface area contributed by atoms with Crippen LogP contribution in [0.1, 0.15) is 30.1 Å². The third kappa shape index (κ3) is 4.39. The number of methoxy groups -OCH3 is 1. The molecule has 0 unspecified atom stereocenters. The van der Waals surface area contributed by atoms with Crippen molar-refractivity contribution in [2.45, 2.75) is 19.8 Å². The number of benzene rings is 2. The van der Waals surface area contributed by atoms with Crippen LogP contribution in [-0.2, 0) is 0 Å². The molecule has 2 N–H and O–H groups in total. The van der Waals surface area contributed by atoms with E-state index in [0.717, 1.165) is 35.4 Å². The van der Waals surface area contributed by atoms with Gasteiger partial charge < -0.3 is 10.1 Å². The first-order valence-electron chi connectivity index (χ1n) is 10.2. The number of nitrogens with one attached hydrogen (secondary N) is 2. The Labute approximate surface area is 185 Å². The lowest BCUT2D eigenvalue weighted by Gasteiger charge is -2.10. The van der Waals surface area contributed by atoms with Crippen LogP contribution in [0.3, 0.4) is 0 Å². The van der Waals surface area contributed by atoms with Gasteiger partial charge in [0.15, 0.2) is 5.65 Å². The molecule has 7 heteroatoms. The molecule has 4 aromatic rings. The minimum Gasteiger partial charge on any atom is -0.497 e. The highest BCUT2D eigenvalue weighted by Gasteiger charge is 2.20. The van der Waals surface area contributed by atoms with Crippen molar-refractivity contribution in [3.05, 3.63) is 65.2 Å². The van der Waals surface area contributed by atoms with Crippen LogP contribution in [0.25, 0.3) is 33.5 Å². The summed E-state index contributed by atoms with van der Waals surface area (Å²) in [6.45, 7) is 2.71. The van der Waals surface area contributed by atoms with Crippen LogP contribution in [0.5, 0.6) is 5.75 Å². The molecule has 0 bridgehead atoms. The second kappa shape index (κ2) is 9.18. The second-order valence-electron chi connectivity index (χ2n) is 7.20. The fourth-order valence-electron chi connectivity index (χ4n) is 3.41. The molecular weight excluding hydrogens is 412 g/mol. The van der Waals surface area contributed by atoms with Crippen molar-refractivity contribution in [2.24, 2.45) is 0 Å². The minimum atomic E-state index is -0.146. The van der Waals surface area contributed by atoms with E-state index in [4.69, 9.17) is 21.3 Å². The summed E-state index contributed by atoms with van der Waals surface area (Å²) >= 11 is 6.03. The van der Waals surface area contributed by atoms with Crippen molar-refractivity contribution < 1.29 is 9.53 Å². The third-order valence-electron chi connectivity index (χ3n) is 5.10. The van der Waals surface area contributed by atoms with Crippen LogP contribution < -0.4 is 10.1 Å². The SMILES string of the molecule is CCCCNC(=O)c1cc(-c2ccc(Cl)cc2)nc2n[nH]c(-c3ccc(OC)cc3)c12. The Bertz CT molecular complexity index is 1200. The van der Waals surface area contributed by atoms with Gasteiger partial charge in [0.1, 0.15) is 5.75 Å². The second-order valence-corrected chi connectivity index (χ2v) is 7.63. The van der Waals surface area contributed by atoms with Crippen LogP contribution in [-0.4, -0.2) is 34.7 Å². The van der Waals surface area contributed by atoms with Gasteiger partial charge in [0.05, 0.1) is 29.4 Å². The zero-order valence-corrected chi connectivity index (χ0v) is 18.2. The highest BCUT2D eigenvalue weighted by atomic mass is 35.5. The smallest absolute Gasteiger partial charge is 0.252 e. The number of amides is 1. The Morgan fingerprint density at radius 3 is 2.48 bits per heavy atom. The number of aromatic nitrogens is 3. The fraction of sp³-hybridized carbons (Fsp3) is 0.208. The van der Waals surface area contributed by atoms with Gasteiger partial charge in [-0.2, -0.15) is 5.10 Å². The number of nitrogens with zero attached hydrogens (tertiary/aromatic N) is 2. The maximum absolute atomic E-state index is 13.1. The molecule has 1 amide bonds. The zero-order chi connectivity index (χ0) is 21.8. The van der Waals surface area contributed by atoms with Crippen molar-refractivity contribution in [3.8, 4) is 28.3 Å². The summed E-state index contributed by atoms with van der Waals surface area (Å²) in [6, 6.07) is 16.8. The number of halogens is 1. The molecule has 0 saturated carbocycles. The molecule has 0 aliphatic rings. The molecule has 2 aromatic carbocycles. The van der Waals surface area contributed by atoms with Crippen molar-refractivity contribution in [1.29, 1.82) is 0 Å². The van der Waals surface area contributed by atoms with E-state index in [1.807, 2.05) is 42.5 Å². The van der Waals surface area contributed by atoms with Gasteiger partial charge in [-0.25, -0.2) is 4.98 Å². The lowest BCUT2D eigenvalue weighted by molar-refractivity contribution is 0.0955. The fourth-order valence-corrected chi connectivity index (χ4v) is 3.54. The number of H-pyrrole nitrogens is 1. The number of unbranched alkanes of at least 4 members (excludes halogenated alkanes) is 1. The van der Waals surface area contributed by atoms with Crippen molar-refractivity contribution >= 4 is 28.5 Å². The van der Waals surface area contributed by atoms with Gasteiger partial charge in [-0.3, -0.25) is 9.89 Å². The molecule has 158 valence electrons. The number of aromatic amines is 1. The van der Waals surface area contributed by atoms with Crippen LogP contribution in [0.2, 0.25) is 5.02 Å². The normalized spacial score (nSPS) is 10.9. The Morgan fingerprint density at radius 1 is 1.10 bits per heavy atom.